The van der Waals surface area contributed by atoms with Crippen molar-refractivity contribution in [2.45, 2.75) is 45.2 Å². The van der Waals surface area contributed by atoms with Crippen molar-refractivity contribution in [3.05, 3.63) is 18.0 Å². The molecule has 4 heterocycles. The van der Waals surface area contributed by atoms with Crippen molar-refractivity contribution in [3.63, 3.8) is 0 Å². The summed E-state index contributed by atoms with van der Waals surface area (Å²) in [6, 6.07) is 2.16. The number of aryl methyl sites for hydroxylation is 1. The summed E-state index contributed by atoms with van der Waals surface area (Å²) in [6.07, 6.45) is 5.65. The predicted molar refractivity (Wildman–Crippen MR) is 84.8 cm³/mol. The first-order valence-electron chi connectivity index (χ1n) is 8.78. The summed E-state index contributed by atoms with van der Waals surface area (Å²) < 4.78 is 1.77. The fourth-order valence-electron chi connectivity index (χ4n) is 4.70. The van der Waals surface area contributed by atoms with E-state index in [9.17, 15) is 9.59 Å². The van der Waals surface area contributed by atoms with E-state index in [4.69, 9.17) is 0 Å². The van der Waals surface area contributed by atoms with Gasteiger partial charge in [0, 0.05) is 44.8 Å². The van der Waals surface area contributed by atoms with Gasteiger partial charge in [-0.15, -0.1) is 0 Å². The molecule has 3 aliphatic rings. The first-order valence-corrected chi connectivity index (χ1v) is 8.78. The maximum absolute atomic E-state index is 12.9. The molecule has 2 amide bonds. The molecule has 6 heteroatoms. The molecule has 3 fully saturated rings. The highest BCUT2D eigenvalue weighted by atomic mass is 16.2. The minimum atomic E-state index is 0.0923. The third-order valence-corrected chi connectivity index (χ3v) is 5.70. The minimum Gasteiger partial charge on any atom is -0.339 e. The average molecular weight is 316 g/mol. The molecule has 4 rings (SSSR count). The summed E-state index contributed by atoms with van der Waals surface area (Å²) >= 11 is 0. The average Bonchev–Trinajstić information content (AvgIpc) is 3.03. The fourth-order valence-corrected chi connectivity index (χ4v) is 4.70. The second kappa shape index (κ2) is 5.65. The van der Waals surface area contributed by atoms with E-state index in [-0.39, 0.29) is 5.91 Å². The van der Waals surface area contributed by atoms with Gasteiger partial charge in [-0.05, 0) is 44.1 Å². The van der Waals surface area contributed by atoms with E-state index in [1.165, 1.54) is 0 Å². The highest BCUT2D eigenvalue weighted by Crippen LogP contribution is 2.38. The lowest BCUT2D eigenvalue weighted by Gasteiger charge is -2.52. The van der Waals surface area contributed by atoms with Crippen LogP contribution in [0.1, 0.15) is 43.1 Å². The SMILES string of the molecule is CCn1nccc1C(=O)N1CC2CC(C1)[C@H]1CCCC(=O)N1C2. The first-order chi connectivity index (χ1) is 11.2. The van der Waals surface area contributed by atoms with E-state index >= 15 is 0 Å². The molecule has 0 aliphatic carbocycles. The van der Waals surface area contributed by atoms with E-state index in [2.05, 4.69) is 10.00 Å². The standard InChI is InChI=1S/C17H24N4O2/c1-2-21-15(6-7-18-21)17(23)19-9-12-8-13(11-19)14-4-3-5-16(22)20(14)10-12/h6-7,12-14H,2-5,8-11H2,1H3/t12?,13?,14-/m1/s1. The summed E-state index contributed by atoms with van der Waals surface area (Å²) in [5.74, 6) is 1.28. The van der Waals surface area contributed by atoms with Crippen LogP contribution in [0.25, 0.3) is 0 Å². The van der Waals surface area contributed by atoms with Crippen molar-refractivity contribution in [2.24, 2.45) is 11.8 Å². The summed E-state index contributed by atoms with van der Waals surface area (Å²) in [5, 5.41) is 4.21. The van der Waals surface area contributed by atoms with Crippen molar-refractivity contribution in [1.29, 1.82) is 0 Å². The Morgan fingerprint density at radius 1 is 1.35 bits per heavy atom. The molecule has 1 aromatic rings. The van der Waals surface area contributed by atoms with Gasteiger partial charge in [-0.3, -0.25) is 14.3 Å². The van der Waals surface area contributed by atoms with Crippen LogP contribution in [0.15, 0.2) is 12.3 Å². The normalized spacial score (nSPS) is 30.3. The number of hydrogen-bond donors (Lipinski definition) is 0. The van der Waals surface area contributed by atoms with Gasteiger partial charge < -0.3 is 9.80 Å². The maximum atomic E-state index is 12.9. The number of carbonyl (C=O) groups excluding carboxylic acids is 2. The Labute approximate surface area is 136 Å². The van der Waals surface area contributed by atoms with Gasteiger partial charge in [-0.2, -0.15) is 5.10 Å². The summed E-state index contributed by atoms with van der Waals surface area (Å²) in [6.45, 7) is 5.08. The van der Waals surface area contributed by atoms with E-state index in [1.54, 1.807) is 10.9 Å². The van der Waals surface area contributed by atoms with E-state index < -0.39 is 0 Å². The van der Waals surface area contributed by atoms with Crippen LogP contribution in [0.3, 0.4) is 0 Å². The molecule has 0 aromatic carbocycles. The van der Waals surface area contributed by atoms with Crippen LogP contribution in [0, 0.1) is 11.8 Å². The molecule has 0 N–H and O–H groups in total. The molecule has 0 spiro atoms. The molecule has 2 unspecified atom stereocenters. The zero-order valence-corrected chi connectivity index (χ0v) is 13.6. The first kappa shape index (κ1) is 14.7. The molecule has 0 saturated carbocycles. The van der Waals surface area contributed by atoms with Gasteiger partial charge in [0.2, 0.25) is 5.91 Å². The number of amides is 2. The Morgan fingerprint density at radius 3 is 3.04 bits per heavy atom. The third-order valence-electron chi connectivity index (χ3n) is 5.70. The van der Waals surface area contributed by atoms with Crippen LogP contribution in [-0.4, -0.2) is 57.1 Å². The highest BCUT2D eigenvalue weighted by molar-refractivity contribution is 5.92. The molecule has 0 radical (unpaired) electrons. The molecular weight excluding hydrogens is 292 g/mol. The van der Waals surface area contributed by atoms with Crippen LogP contribution < -0.4 is 0 Å². The predicted octanol–water partition coefficient (Wildman–Crippen LogP) is 1.38. The fraction of sp³-hybridized carbons (Fsp3) is 0.706. The minimum absolute atomic E-state index is 0.0923. The van der Waals surface area contributed by atoms with Crippen LogP contribution in [0.2, 0.25) is 0 Å². The highest BCUT2D eigenvalue weighted by Gasteiger charge is 2.45. The number of piperidine rings is 3. The molecular formula is C17H24N4O2. The Bertz CT molecular complexity index is 626. The summed E-state index contributed by atoms with van der Waals surface area (Å²) in [4.78, 5) is 29.2. The van der Waals surface area contributed by atoms with Gasteiger partial charge in [-0.25, -0.2) is 0 Å². The molecule has 3 saturated heterocycles. The zero-order chi connectivity index (χ0) is 16.0. The number of nitrogens with zero attached hydrogens (tertiary/aromatic N) is 4. The van der Waals surface area contributed by atoms with Crippen molar-refractivity contribution < 1.29 is 9.59 Å². The Balaban J connectivity index is 1.53. The van der Waals surface area contributed by atoms with E-state index in [0.717, 1.165) is 38.9 Å². The van der Waals surface area contributed by atoms with Crippen molar-refractivity contribution in [2.75, 3.05) is 19.6 Å². The number of fused-ring (bicyclic) bond motifs is 4. The Morgan fingerprint density at radius 2 is 2.22 bits per heavy atom. The molecule has 124 valence electrons. The number of carbonyl (C=O) groups is 2. The molecule has 1 aromatic heterocycles. The van der Waals surface area contributed by atoms with Crippen molar-refractivity contribution in [1.82, 2.24) is 19.6 Å². The molecule has 3 atom stereocenters. The van der Waals surface area contributed by atoms with E-state index in [0.29, 0.717) is 42.4 Å². The lowest BCUT2D eigenvalue weighted by Crippen LogP contribution is -2.61. The smallest absolute Gasteiger partial charge is 0.272 e. The lowest BCUT2D eigenvalue weighted by molar-refractivity contribution is -0.144. The molecule has 6 nitrogen and oxygen atoms in total. The van der Waals surface area contributed by atoms with Crippen molar-refractivity contribution >= 4 is 11.8 Å². The third kappa shape index (κ3) is 2.44. The van der Waals surface area contributed by atoms with Gasteiger partial charge in [0.15, 0.2) is 0 Å². The topological polar surface area (TPSA) is 58.4 Å². The van der Waals surface area contributed by atoms with Crippen LogP contribution >= 0.6 is 0 Å². The monoisotopic (exact) mass is 316 g/mol. The number of likely N-dealkylation sites (tertiary alicyclic amines) is 1. The van der Waals surface area contributed by atoms with Crippen LogP contribution in [0.4, 0.5) is 0 Å². The summed E-state index contributed by atoms with van der Waals surface area (Å²) in [5.41, 5.74) is 0.684. The number of hydrogen-bond acceptors (Lipinski definition) is 3. The largest absolute Gasteiger partial charge is 0.339 e. The number of aromatic nitrogens is 2. The van der Waals surface area contributed by atoms with Gasteiger partial charge in [0.25, 0.3) is 5.91 Å². The van der Waals surface area contributed by atoms with Gasteiger partial charge in [0.05, 0.1) is 0 Å². The summed E-state index contributed by atoms with van der Waals surface area (Å²) in [7, 11) is 0. The molecule has 23 heavy (non-hydrogen) atoms. The number of rotatable bonds is 2. The second-order valence-electron chi connectivity index (χ2n) is 7.11. The van der Waals surface area contributed by atoms with E-state index in [1.807, 2.05) is 17.9 Å². The Hall–Kier alpha value is -1.85. The second-order valence-corrected chi connectivity index (χ2v) is 7.11. The lowest BCUT2D eigenvalue weighted by atomic mass is 9.76. The quantitative estimate of drug-likeness (QED) is 0.828. The van der Waals surface area contributed by atoms with Crippen molar-refractivity contribution in [3.8, 4) is 0 Å². The van der Waals surface area contributed by atoms with Crippen LogP contribution in [0.5, 0.6) is 0 Å². The van der Waals surface area contributed by atoms with Gasteiger partial charge in [-0.1, -0.05) is 0 Å². The Kier molecular flexibility index (Phi) is 3.62. The zero-order valence-electron chi connectivity index (χ0n) is 13.6. The van der Waals surface area contributed by atoms with Gasteiger partial charge >= 0.3 is 0 Å². The molecule has 3 aliphatic heterocycles. The molecule has 2 bridgehead atoms. The maximum Gasteiger partial charge on any atom is 0.272 e. The van der Waals surface area contributed by atoms with Crippen LogP contribution in [-0.2, 0) is 11.3 Å². The van der Waals surface area contributed by atoms with Gasteiger partial charge in [0.1, 0.15) is 5.69 Å².